The zero-order valence-corrected chi connectivity index (χ0v) is 29.2. The highest BCUT2D eigenvalue weighted by atomic mass is 32.1. The van der Waals surface area contributed by atoms with Crippen molar-refractivity contribution in [2.75, 3.05) is 0 Å². The molecule has 0 nitrogen and oxygen atoms in total. The second kappa shape index (κ2) is 12.8. The molecule has 0 spiro atoms. The molecule has 6 aliphatic carbocycles. The fourth-order valence-corrected chi connectivity index (χ4v) is 12.3. The lowest BCUT2D eigenvalue weighted by Crippen LogP contribution is -2.12. The zero-order valence-electron chi connectivity index (χ0n) is 26.8. The highest BCUT2D eigenvalue weighted by Gasteiger charge is 2.27. The van der Waals surface area contributed by atoms with Crippen molar-refractivity contribution in [3.05, 3.63) is 153 Å². The van der Waals surface area contributed by atoms with E-state index in [0.29, 0.717) is 17.8 Å². The lowest BCUT2D eigenvalue weighted by Gasteiger charge is -2.27. The fraction of sp³-hybridized carbons (Fsp3) is 0.273. The highest BCUT2D eigenvalue weighted by Crippen LogP contribution is 2.50. The Morgan fingerprint density at radius 3 is 2.15 bits per heavy atom. The van der Waals surface area contributed by atoms with Gasteiger partial charge in [0.1, 0.15) is 0 Å². The Labute approximate surface area is 291 Å². The van der Waals surface area contributed by atoms with Crippen LogP contribution in [0, 0.1) is 17.8 Å². The van der Waals surface area contributed by atoms with Crippen LogP contribution in [-0.2, 0) is 0 Å². The van der Waals surface area contributed by atoms with E-state index < -0.39 is 0 Å². The predicted octanol–water partition coefficient (Wildman–Crippen LogP) is 13.8. The molecular weight excluding hydrogens is 625 g/mol. The molecule has 0 saturated heterocycles. The first-order valence-corrected chi connectivity index (χ1v) is 20.0. The quantitative estimate of drug-likeness (QED) is 0.246. The van der Waals surface area contributed by atoms with Crippen LogP contribution >= 0.6 is 34.0 Å². The third-order valence-corrected chi connectivity index (χ3v) is 14.4. The second-order valence-corrected chi connectivity index (χ2v) is 16.7. The summed E-state index contributed by atoms with van der Waals surface area (Å²) in [5, 5.41) is 0. The largest absolute Gasteiger partial charge is 0.133 e. The van der Waals surface area contributed by atoms with Gasteiger partial charge in [-0.2, -0.15) is 0 Å². The van der Waals surface area contributed by atoms with E-state index in [4.69, 9.17) is 0 Å². The Kier molecular flexibility index (Phi) is 8.09. The van der Waals surface area contributed by atoms with Crippen LogP contribution < -0.4 is 0 Å². The van der Waals surface area contributed by atoms with Gasteiger partial charge in [-0.3, -0.25) is 0 Å². The lowest BCUT2D eigenvalue weighted by atomic mass is 9.78. The summed E-state index contributed by atoms with van der Waals surface area (Å²) in [4.78, 5) is 2.93. The van der Waals surface area contributed by atoms with E-state index in [1.807, 2.05) is 34.0 Å². The van der Waals surface area contributed by atoms with Gasteiger partial charge in [0.25, 0.3) is 0 Å². The molecule has 0 aromatic carbocycles. The van der Waals surface area contributed by atoms with Gasteiger partial charge >= 0.3 is 0 Å². The summed E-state index contributed by atoms with van der Waals surface area (Å²) in [6.45, 7) is 0. The summed E-state index contributed by atoms with van der Waals surface area (Å²) in [5.41, 5.74) is 10.4. The Bertz CT molecular complexity index is 2120. The van der Waals surface area contributed by atoms with Gasteiger partial charge in [0.2, 0.25) is 0 Å². The smallest absolute Gasteiger partial charge is 0.0636 e. The zero-order chi connectivity index (χ0) is 31.2. The van der Waals surface area contributed by atoms with Crippen molar-refractivity contribution < 1.29 is 0 Å². The first kappa shape index (κ1) is 29.6. The van der Waals surface area contributed by atoms with Gasteiger partial charge in [-0.15, -0.1) is 34.0 Å². The fourth-order valence-electron chi connectivity index (χ4n) is 8.12. The molecule has 0 bridgehead atoms. The van der Waals surface area contributed by atoms with Crippen LogP contribution in [0.3, 0.4) is 0 Å². The van der Waals surface area contributed by atoms with Crippen LogP contribution in [0.1, 0.15) is 67.5 Å². The molecule has 0 amide bonds. The summed E-state index contributed by atoms with van der Waals surface area (Å²) >= 11 is 6.06. The third kappa shape index (κ3) is 5.71. The van der Waals surface area contributed by atoms with Crippen LogP contribution in [0.25, 0.3) is 29.9 Å². The molecule has 6 aliphatic rings. The molecule has 3 heteroatoms. The van der Waals surface area contributed by atoms with E-state index in [0.717, 1.165) is 44.9 Å². The van der Waals surface area contributed by atoms with Crippen molar-refractivity contribution >= 4 is 64.0 Å². The van der Waals surface area contributed by atoms with Gasteiger partial charge in [0.05, 0.1) is 9.40 Å². The molecule has 234 valence electrons. The normalized spacial score (nSPS) is 25.8. The van der Waals surface area contributed by atoms with Crippen molar-refractivity contribution in [3.8, 4) is 0 Å². The van der Waals surface area contributed by atoms with E-state index in [9.17, 15) is 0 Å². The molecule has 3 unspecified atom stereocenters. The summed E-state index contributed by atoms with van der Waals surface area (Å²) in [7, 11) is 0. The average molecular weight is 665 g/mol. The van der Waals surface area contributed by atoms with Gasteiger partial charge in [0, 0.05) is 36.9 Å². The van der Waals surface area contributed by atoms with Crippen LogP contribution in [-0.4, -0.2) is 0 Å². The summed E-state index contributed by atoms with van der Waals surface area (Å²) in [5.74, 6) is 1.39. The maximum Gasteiger partial charge on any atom is 0.0636 e. The van der Waals surface area contributed by atoms with E-state index >= 15 is 0 Å². The van der Waals surface area contributed by atoms with E-state index in [2.05, 4.69) is 115 Å². The standard InChI is InChI=1S/C44H40S3/c1-3-13-29(14-4-1)31-17-11-19-33(25-31)35-21-7-9-23-37(35)39-27-41-43(46-39)44-42(45-41)28-40(47-44)38-24-10-8-22-36(38)34-20-12-18-32(26-34)30-15-5-2-6-16-30/h3,5,7-9,11-16,18-19,22-23,25-28,31,34-35H,1-2,4,6,10,17,20-21,24H2. The van der Waals surface area contributed by atoms with Gasteiger partial charge in [-0.25, -0.2) is 0 Å². The highest BCUT2D eigenvalue weighted by molar-refractivity contribution is 7.39. The predicted molar refractivity (Wildman–Crippen MR) is 209 cm³/mol. The molecule has 0 aliphatic heterocycles. The van der Waals surface area contributed by atoms with Crippen LogP contribution in [0.2, 0.25) is 0 Å². The maximum absolute atomic E-state index is 2.58. The monoisotopic (exact) mass is 664 g/mol. The molecule has 3 aromatic rings. The molecule has 3 atom stereocenters. The van der Waals surface area contributed by atoms with Gasteiger partial charge in [-0.05, 0) is 109 Å². The lowest BCUT2D eigenvalue weighted by molar-refractivity contribution is 0.723. The maximum atomic E-state index is 2.58. The number of hydrogen-bond acceptors (Lipinski definition) is 3. The van der Waals surface area contributed by atoms with Crippen LogP contribution in [0.5, 0.6) is 0 Å². The Hall–Kier alpha value is -3.50. The first-order valence-electron chi connectivity index (χ1n) is 17.5. The van der Waals surface area contributed by atoms with Crippen LogP contribution in [0.4, 0.5) is 0 Å². The molecule has 3 aromatic heterocycles. The minimum absolute atomic E-state index is 0.429. The van der Waals surface area contributed by atoms with Gasteiger partial charge in [-0.1, -0.05) is 103 Å². The molecule has 9 rings (SSSR count). The van der Waals surface area contributed by atoms with Crippen molar-refractivity contribution in [2.24, 2.45) is 17.8 Å². The Balaban J connectivity index is 1.04. The number of allylic oxidation sites excluding steroid dienone is 24. The average Bonchev–Trinajstić information content (AvgIpc) is 3.84. The van der Waals surface area contributed by atoms with Crippen molar-refractivity contribution in [1.82, 2.24) is 0 Å². The molecule has 0 N–H and O–H groups in total. The number of rotatable bonds is 6. The van der Waals surface area contributed by atoms with Gasteiger partial charge in [0.15, 0.2) is 0 Å². The molecular formula is C44H40S3. The van der Waals surface area contributed by atoms with Crippen molar-refractivity contribution in [2.45, 2.75) is 57.8 Å². The first-order chi connectivity index (χ1) is 23.3. The number of thiophene rings is 3. The second-order valence-electron chi connectivity index (χ2n) is 13.5. The Morgan fingerprint density at radius 1 is 0.553 bits per heavy atom. The van der Waals surface area contributed by atoms with E-state index in [-0.39, 0.29) is 0 Å². The van der Waals surface area contributed by atoms with E-state index in [1.165, 1.54) is 74.8 Å². The topological polar surface area (TPSA) is 0 Å². The number of fused-ring (bicyclic) bond motifs is 3. The van der Waals surface area contributed by atoms with E-state index in [1.54, 1.807) is 5.57 Å². The minimum Gasteiger partial charge on any atom is -0.133 e. The molecule has 0 fully saturated rings. The minimum atomic E-state index is 0.429. The molecule has 3 heterocycles. The van der Waals surface area contributed by atoms with Crippen LogP contribution in [0.15, 0.2) is 143 Å². The Morgan fingerprint density at radius 2 is 1.30 bits per heavy atom. The summed E-state index contributed by atoms with van der Waals surface area (Å²) in [6, 6.07) is 5.01. The summed E-state index contributed by atoms with van der Waals surface area (Å²) < 4.78 is 5.89. The molecule has 0 saturated carbocycles. The van der Waals surface area contributed by atoms with Crippen molar-refractivity contribution in [3.63, 3.8) is 0 Å². The number of hydrogen-bond donors (Lipinski definition) is 0. The third-order valence-electron chi connectivity index (χ3n) is 10.5. The molecule has 0 radical (unpaired) electrons. The van der Waals surface area contributed by atoms with Gasteiger partial charge < -0.3 is 0 Å². The summed E-state index contributed by atoms with van der Waals surface area (Å²) in [6.07, 6.45) is 51.0. The van der Waals surface area contributed by atoms with Crippen molar-refractivity contribution in [1.29, 1.82) is 0 Å². The molecule has 47 heavy (non-hydrogen) atoms. The SMILES string of the molecule is C1=CCC(C2=CC(C3=CCCC=C3)CC=C2)C(c2cc3sc4cc(C5=C(C6C=C(C7=CCCC=C7)C=CC6)C=CCC5)sc4c3s2)=C1.